The van der Waals surface area contributed by atoms with Gasteiger partial charge in [-0.2, -0.15) is 0 Å². The summed E-state index contributed by atoms with van der Waals surface area (Å²) in [4.78, 5) is 14.8. The molecule has 0 radical (unpaired) electrons. The third kappa shape index (κ3) is 7.43. The summed E-state index contributed by atoms with van der Waals surface area (Å²) in [6.45, 7) is 5.42. The average molecular weight is 438 g/mol. The van der Waals surface area contributed by atoms with Crippen molar-refractivity contribution in [2.45, 2.75) is 26.3 Å². The Morgan fingerprint density at radius 2 is 1.57 bits per heavy atom. The molecule has 0 atom stereocenters. The second-order valence-electron chi connectivity index (χ2n) is 6.61. The Bertz CT molecular complexity index is 744. The lowest BCUT2D eigenvalue weighted by molar-refractivity contribution is 0.0494. The van der Waals surface area contributed by atoms with Crippen LogP contribution in [0.2, 0.25) is 0 Å². The van der Waals surface area contributed by atoms with Gasteiger partial charge in [-0.25, -0.2) is 4.79 Å². The molecule has 0 fully saturated rings. The number of methoxy groups -OCH3 is 3. The standard InChI is InChI=1S/C23H31NO5.ClH/c1-5-24(17-18-11-7-6-8-12-18)13-9-10-14-29-23(25)19-15-20(26-2)22(28-4)21(16-19)27-3;/h6-8,11-12,15-16H,5,9-10,13-14,17H2,1-4H3;1H. The summed E-state index contributed by atoms with van der Waals surface area (Å²) >= 11 is 0. The van der Waals surface area contributed by atoms with Crippen LogP contribution in [0.3, 0.4) is 0 Å². The molecule has 0 aliphatic heterocycles. The zero-order valence-corrected chi connectivity index (χ0v) is 19.0. The molecule has 7 heteroatoms. The van der Waals surface area contributed by atoms with Crippen LogP contribution < -0.4 is 14.2 Å². The molecule has 0 amide bonds. The van der Waals surface area contributed by atoms with E-state index in [2.05, 4.69) is 36.1 Å². The first-order valence-electron chi connectivity index (χ1n) is 9.86. The Morgan fingerprint density at radius 1 is 0.933 bits per heavy atom. The molecule has 0 saturated heterocycles. The topological polar surface area (TPSA) is 57.2 Å². The van der Waals surface area contributed by atoms with Crippen molar-refractivity contribution in [2.24, 2.45) is 0 Å². The minimum absolute atomic E-state index is 0. The molecule has 0 unspecified atom stereocenters. The molecule has 30 heavy (non-hydrogen) atoms. The van der Waals surface area contributed by atoms with Crippen molar-refractivity contribution in [3.05, 3.63) is 53.6 Å². The molecule has 0 spiro atoms. The molecule has 0 N–H and O–H groups in total. The fraction of sp³-hybridized carbons (Fsp3) is 0.435. The summed E-state index contributed by atoms with van der Waals surface area (Å²) in [5.74, 6) is 0.905. The fourth-order valence-electron chi connectivity index (χ4n) is 3.08. The molecule has 0 aliphatic rings. The normalized spacial score (nSPS) is 10.3. The Balaban J connectivity index is 0.00000450. The van der Waals surface area contributed by atoms with Crippen molar-refractivity contribution < 1.29 is 23.7 Å². The van der Waals surface area contributed by atoms with Crippen LogP contribution in [-0.2, 0) is 11.3 Å². The Hall–Kier alpha value is -2.44. The molecule has 166 valence electrons. The van der Waals surface area contributed by atoms with Gasteiger partial charge in [0.1, 0.15) is 0 Å². The lowest BCUT2D eigenvalue weighted by Crippen LogP contribution is -2.24. The van der Waals surface area contributed by atoms with E-state index in [4.69, 9.17) is 18.9 Å². The Morgan fingerprint density at radius 3 is 2.10 bits per heavy atom. The number of carbonyl (C=O) groups is 1. The summed E-state index contributed by atoms with van der Waals surface area (Å²) in [5.41, 5.74) is 1.68. The molecule has 6 nitrogen and oxygen atoms in total. The van der Waals surface area contributed by atoms with Crippen molar-refractivity contribution in [3.63, 3.8) is 0 Å². The number of benzene rings is 2. The van der Waals surface area contributed by atoms with Crippen molar-refractivity contribution in [2.75, 3.05) is 41.0 Å². The molecule has 0 bridgehead atoms. The Labute approximate surface area is 185 Å². The van der Waals surface area contributed by atoms with E-state index >= 15 is 0 Å². The lowest BCUT2D eigenvalue weighted by Gasteiger charge is -2.20. The quantitative estimate of drug-likeness (QED) is 0.357. The first kappa shape index (κ1) is 25.6. The predicted molar refractivity (Wildman–Crippen MR) is 120 cm³/mol. The van der Waals surface area contributed by atoms with Gasteiger partial charge in [-0.05, 0) is 43.6 Å². The van der Waals surface area contributed by atoms with Gasteiger partial charge in [0.25, 0.3) is 0 Å². The van der Waals surface area contributed by atoms with Crippen molar-refractivity contribution in [1.82, 2.24) is 4.90 Å². The van der Waals surface area contributed by atoms with Crippen LogP contribution in [0.4, 0.5) is 0 Å². The number of ether oxygens (including phenoxy) is 4. The average Bonchev–Trinajstić information content (AvgIpc) is 2.77. The number of nitrogens with zero attached hydrogens (tertiary/aromatic N) is 1. The van der Waals surface area contributed by atoms with E-state index < -0.39 is 5.97 Å². The summed E-state index contributed by atoms with van der Waals surface area (Å²) < 4.78 is 21.3. The van der Waals surface area contributed by atoms with Crippen LogP contribution in [0.1, 0.15) is 35.7 Å². The third-order valence-electron chi connectivity index (χ3n) is 4.70. The van der Waals surface area contributed by atoms with Crippen LogP contribution in [-0.4, -0.2) is 51.9 Å². The van der Waals surface area contributed by atoms with E-state index in [1.54, 1.807) is 12.1 Å². The highest BCUT2D eigenvalue weighted by Crippen LogP contribution is 2.38. The predicted octanol–water partition coefficient (Wildman–Crippen LogP) is 4.59. The van der Waals surface area contributed by atoms with Crippen LogP contribution in [0.15, 0.2) is 42.5 Å². The number of rotatable bonds is 12. The zero-order valence-electron chi connectivity index (χ0n) is 18.2. The van der Waals surface area contributed by atoms with Gasteiger partial charge >= 0.3 is 5.97 Å². The second-order valence-corrected chi connectivity index (χ2v) is 6.61. The van der Waals surface area contributed by atoms with E-state index in [9.17, 15) is 4.79 Å². The second kappa shape index (κ2) is 13.7. The van der Waals surface area contributed by atoms with Gasteiger partial charge in [0.05, 0.1) is 33.5 Å². The summed E-state index contributed by atoms with van der Waals surface area (Å²) in [5, 5.41) is 0. The van der Waals surface area contributed by atoms with E-state index in [1.807, 2.05) is 6.07 Å². The molecule has 0 aromatic heterocycles. The van der Waals surface area contributed by atoms with Crippen molar-refractivity contribution >= 4 is 18.4 Å². The number of unbranched alkanes of at least 4 members (excludes halogenated alkanes) is 1. The first-order valence-corrected chi connectivity index (χ1v) is 9.86. The monoisotopic (exact) mass is 437 g/mol. The zero-order chi connectivity index (χ0) is 21.1. The van der Waals surface area contributed by atoms with Gasteiger partial charge < -0.3 is 18.9 Å². The van der Waals surface area contributed by atoms with E-state index in [-0.39, 0.29) is 12.4 Å². The van der Waals surface area contributed by atoms with E-state index in [0.29, 0.717) is 29.4 Å². The number of esters is 1. The highest BCUT2D eigenvalue weighted by atomic mass is 35.5. The number of carbonyl (C=O) groups excluding carboxylic acids is 1. The van der Waals surface area contributed by atoms with Gasteiger partial charge in [0.2, 0.25) is 5.75 Å². The highest BCUT2D eigenvalue weighted by molar-refractivity contribution is 5.91. The van der Waals surface area contributed by atoms with Crippen LogP contribution in [0.5, 0.6) is 17.2 Å². The number of halogens is 1. The highest BCUT2D eigenvalue weighted by Gasteiger charge is 2.17. The van der Waals surface area contributed by atoms with Gasteiger partial charge in [-0.1, -0.05) is 37.3 Å². The maximum Gasteiger partial charge on any atom is 0.338 e. The van der Waals surface area contributed by atoms with Crippen molar-refractivity contribution in [3.8, 4) is 17.2 Å². The van der Waals surface area contributed by atoms with Crippen LogP contribution in [0.25, 0.3) is 0 Å². The van der Waals surface area contributed by atoms with E-state index in [1.165, 1.54) is 26.9 Å². The summed E-state index contributed by atoms with van der Waals surface area (Å²) in [6.07, 6.45) is 1.77. The molecule has 2 aromatic rings. The summed E-state index contributed by atoms with van der Waals surface area (Å²) in [7, 11) is 4.55. The first-order chi connectivity index (χ1) is 14.1. The van der Waals surface area contributed by atoms with Gasteiger partial charge in [0.15, 0.2) is 11.5 Å². The summed E-state index contributed by atoms with van der Waals surface area (Å²) in [6, 6.07) is 13.6. The lowest BCUT2D eigenvalue weighted by atomic mass is 10.2. The minimum Gasteiger partial charge on any atom is -0.493 e. The molecular weight excluding hydrogens is 406 g/mol. The minimum atomic E-state index is -0.402. The SMILES string of the molecule is CCN(CCCCOC(=O)c1cc(OC)c(OC)c(OC)c1)Cc1ccccc1.Cl. The van der Waals surface area contributed by atoms with E-state index in [0.717, 1.165) is 32.5 Å². The van der Waals surface area contributed by atoms with Gasteiger partial charge in [0, 0.05) is 6.54 Å². The van der Waals surface area contributed by atoms with Crippen LogP contribution in [0, 0.1) is 0 Å². The molecule has 0 heterocycles. The molecule has 2 aromatic carbocycles. The largest absolute Gasteiger partial charge is 0.493 e. The number of hydrogen-bond donors (Lipinski definition) is 0. The fourth-order valence-corrected chi connectivity index (χ4v) is 3.08. The number of hydrogen-bond acceptors (Lipinski definition) is 6. The van der Waals surface area contributed by atoms with Crippen molar-refractivity contribution in [1.29, 1.82) is 0 Å². The third-order valence-corrected chi connectivity index (χ3v) is 4.70. The molecule has 0 aliphatic carbocycles. The van der Waals surface area contributed by atoms with Gasteiger partial charge in [-0.15, -0.1) is 12.4 Å². The van der Waals surface area contributed by atoms with Crippen LogP contribution >= 0.6 is 12.4 Å². The Kier molecular flexibility index (Phi) is 11.7. The maximum atomic E-state index is 12.4. The molecule has 2 rings (SSSR count). The maximum absolute atomic E-state index is 12.4. The molecular formula is C23H32ClNO5. The smallest absolute Gasteiger partial charge is 0.338 e. The molecule has 0 saturated carbocycles. The van der Waals surface area contributed by atoms with Gasteiger partial charge in [-0.3, -0.25) is 4.90 Å².